The van der Waals surface area contributed by atoms with Crippen molar-refractivity contribution in [3.05, 3.63) is 54.0 Å². The summed E-state index contributed by atoms with van der Waals surface area (Å²) in [6.45, 7) is 6.27. The monoisotopic (exact) mass is 340 g/mol. The molecule has 1 aromatic carbocycles. The zero-order valence-corrected chi connectivity index (χ0v) is 14.9. The zero-order chi connectivity index (χ0) is 16.9. The molecule has 0 atom stereocenters. The predicted octanol–water partition coefficient (Wildman–Crippen LogP) is 3.92. The Kier molecular flexibility index (Phi) is 5.38. The molecular formula is C21H28N2O2. The van der Waals surface area contributed by atoms with Crippen LogP contribution >= 0.6 is 0 Å². The highest BCUT2D eigenvalue weighted by Gasteiger charge is 2.21. The van der Waals surface area contributed by atoms with E-state index >= 15 is 0 Å². The topological polar surface area (TPSA) is 28.9 Å². The molecule has 0 bridgehead atoms. The van der Waals surface area contributed by atoms with Gasteiger partial charge in [0.05, 0.1) is 18.9 Å². The second-order valence-electron chi connectivity index (χ2n) is 7.26. The molecular weight excluding hydrogens is 312 g/mol. The van der Waals surface area contributed by atoms with Crippen LogP contribution in [0.3, 0.4) is 0 Å². The Balaban J connectivity index is 1.31. The van der Waals surface area contributed by atoms with E-state index in [0.717, 1.165) is 50.8 Å². The van der Waals surface area contributed by atoms with Crippen LogP contribution in [0.1, 0.15) is 37.0 Å². The normalized spacial score (nSPS) is 20.2. The van der Waals surface area contributed by atoms with Gasteiger partial charge in [0.25, 0.3) is 0 Å². The molecule has 4 rings (SSSR count). The first kappa shape index (κ1) is 16.7. The van der Waals surface area contributed by atoms with E-state index in [-0.39, 0.29) is 0 Å². The Hall–Kier alpha value is -1.78. The molecule has 0 N–H and O–H groups in total. The molecule has 4 nitrogen and oxygen atoms in total. The van der Waals surface area contributed by atoms with E-state index in [4.69, 9.17) is 9.15 Å². The molecule has 1 saturated carbocycles. The van der Waals surface area contributed by atoms with Gasteiger partial charge in [-0.2, -0.15) is 0 Å². The molecule has 2 aliphatic rings. The van der Waals surface area contributed by atoms with Gasteiger partial charge < -0.3 is 9.15 Å². The van der Waals surface area contributed by atoms with Crippen molar-refractivity contribution in [2.24, 2.45) is 0 Å². The minimum atomic E-state index is 0.422. The zero-order valence-electron chi connectivity index (χ0n) is 14.9. The van der Waals surface area contributed by atoms with Gasteiger partial charge in [0.1, 0.15) is 11.5 Å². The maximum absolute atomic E-state index is 6.29. The Morgan fingerprint density at radius 1 is 0.880 bits per heavy atom. The molecule has 0 amide bonds. The van der Waals surface area contributed by atoms with E-state index in [9.17, 15) is 0 Å². The summed E-state index contributed by atoms with van der Waals surface area (Å²) in [6, 6.07) is 12.6. The van der Waals surface area contributed by atoms with Crippen LogP contribution in [0.4, 0.5) is 0 Å². The van der Waals surface area contributed by atoms with Crippen LogP contribution in [-0.2, 0) is 13.1 Å². The maximum Gasteiger partial charge on any atom is 0.124 e. The quantitative estimate of drug-likeness (QED) is 0.797. The van der Waals surface area contributed by atoms with Crippen molar-refractivity contribution in [2.45, 2.75) is 44.9 Å². The van der Waals surface area contributed by atoms with Gasteiger partial charge in [-0.3, -0.25) is 9.80 Å². The van der Waals surface area contributed by atoms with Gasteiger partial charge in [-0.1, -0.05) is 18.2 Å². The van der Waals surface area contributed by atoms with Gasteiger partial charge in [-0.25, -0.2) is 0 Å². The smallest absolute Gasteiger partial charge is 0.124 e. The second-order valence-corrected chi connectivity index (χ2v) is 7.26. The predicted molar refractivity (Wildman–Crippen MR) is 98.6 cm³/mol. The molecule has 0 unspecified atom stereocenters. The standard InChI is InChI=1S/C21H28N2O2/c1-4-10-21(25-19-7-2-3-8-19)18(6-1)16-22-11-13-23(14-12-22)17-20-9-5-15-24-20/h1,4-6,9-10,15,19H,2-3,7-8,11-14,16-17H2. The Labute approximate surface area is 150 Å². The van der Waals surface area contributed by atoms with Crippen molar-refractivity contribution in [2.75, 3.05) is 26.2 Å². The third-order valence-electron chi connectivity index (χ3n) is 5.39. The fourth-order valence-electron chi connectivity index (χ4n) is 3.90. The summed E-state index contributed by atoms with van der Waals surface area (Å²) in [4.78, 5) is 5.01. The summed E-state index contributed by atoms with van der Waals surface area (Å²) in [6.07, 6.45) is 7.22. The van der Waals surface area contributed by atoms with Crippen molar-refractivity contribution >= 4 is 0 Å². The first-order valence-corrected chi connectivity index (χ1v) is 9.58. The highest BCUT2D eigenvalue weighted by molar-refractivity contribution is 5.33. The van der Waals surface area contributed by atoms with Gasteiger partial charge in [0.15, 0.2) is 0 Å². The van der Waals surface area contributed by atoms with Gasteiger partial charge in [0, 0.05) is 38.3 Å². The molecule has 1 aliphatic carbocycles. The summed E-state index contributed by atoms with van der Waals surface area (Å²) < 4.78 is 11.8. The molecule has 2 aromatic rings. The van der Waals surface area contributed by atoms with Crippen LogP contribution in [0.15, 0.2) is 47.1 Å². The van der Waals surface area contributed by atoms with Crippen LogP contribution in [-0.4, -0.2) is 42.1 Å². The Bertz CT molecular complexity index is 642. The summed E-state index contributed by atoms with van der Waals surface area (Å²) in [5.41, 5.74) is 1.33. The number of nitrogens with zero attached hydrogens (tertiary/aromatic N) is 2. The number of para-hydroxylation sites is 1. The van der Waals surface area contributed by atoms with Crippen molar-refractivity contribution < 1.29 is 9.15 Å². The summed E-state index contributed by atoms with van der Waals surface area (Å²) in [5, 5.41) is 0. The van der Waals surface area contributed by atoms with E-state index < -0.39 is 0 Å². The number of piperazine rings is 1. The molecule has 2 fully saturated rings. The third kappa shape index (κ3) is 4.44. The number of hydrogen-bond acceptors (Lipinski definition) is 4. The summed E-state index contributed by atoms with van der Waals surface area (Å²) >= 11 is 0. The van der Waals surface area contributed by atoms with E-state index in [0.29, 0.717) is 6.10 Å². The molecule has 1 saturated heterocycles. The van der Waals surface area contributed by atoms with Crippen molar-refractivity contribution in [3.63, 3.8) is 0 Å². The average Bonchev–Trinajstić information content (AvgIpc) is 3.32. The molecule has 0 spiro atoms. The van der Waals surface area contributed by atoms with Gasteiger partial charge in [-0.15, -0.1) is 0 Å². The number of rotatable bonds is 6. The Morgan fingerprint density at radius 3 is 2.32 bits per heavy atom. The van der Waals surface area contributed by atoms with E-state index in [1.165, 1.54) is 31.2 Å². The van der Waals surface area contributed by atoms with E-state index in [1.54, 1.807) is 6.26 Å². The number of hydrogen-bond donors (Lipinski definition) is 0. The van der Waals surface area contributed by atoms with Crippen molar-refractivity contribution in [3.8, 4) is 5.75 Å². The number of benzene rings is 1. The molecule has 1 aliphatic heterocycles. The molecule has 25 heavy (non-hydrogen) atoms. The van der Waals surface area contributed by atoms with Crippen molar-refractivity contribution in [1.82, 2.24) is 9.80 Å². The molecule has 134 valence electrons. The highest BCUT2D eigenvalue weighted by Crippen LogP contribution is 2.27. The highest BCUT2D eigenvalue weighted by atomic mass is 16.5. The summed E-state index contributed by atoms with van der Waals surface area (Å²) in [5.74, 6) is 2.15. The molecule has 1 aromatic heterocycles. The summed E-state index contributed by atoms with van der Waals surface area (Å²) in [7, 11) is 0. The minimum absolute atomic E-state index is 0.422. The lowest BCUT2D eigenvalue weighted by atomic mass is 10.1. The van der Waals surface area contributed by atoms with Crippen LogP contribution in [0, 0.1) is 0 Å². The van der Waals surface area contributed by atoms with Gasteiger partial charge in [0.2, 0.25) is 0 Å². The van der Waals surface area contributed by atoms with Gasteiger partial charge >= 0.3 is 0 Å². The van der Waals surface area contributed by atoms with Crippen LogP contribution in [0.5, 0.6) is 5.75 Å². The molecule has 4 heteroatoms. The largest absolute Gasteiger partial charge is 0.490 e. The lowest BCUT2D eigenvalue weighted by Crippen LogP contribution is -2.45. The molecule has 2 heterocycles. The first-order valence-electron chi connectivity index (χ1n) is 9.58. The van der Waals surface area contributed by atoms with E-state index in [1.807, 2.05) is 6.07 Å². The lowest BCUT2D eigenvalue weighted by Gasteiger charge is -2.34. The maximum atomic E-state index is 6.29. The minimum Gasteiger partial charge on any atom is -0.490 e. The third-order valence-corrected chi connectivity index (χ3v) is 5.39. The van der Waals surface area contributed by atoms with Crippen molar-refractivity contribution in [1.29, 1.82) is 0 Å². The van der Waals surface area contributed by atoms with Crippen LogP contribution < -0.4 is 4.74 Å². The average molecular weight is 340 g/mol. The van der Waals surface area contributed by atoms with Gasteiger partial charge in [-0.05, 0) is 43.9 Å². The lowest BCUT2D eigenvalue weighted by molar-refractivity contribution is 0.114. The number of furan rings is 1. The number of ether oxygens (including phenoxy) is 1. The van der Waals surface area contributed by atoms with Crippen LogP contribution in [0.2, 0.25) is 0 Å². The first-order chi connectivity index (χ1) is 12.4. The van der Waals surface area contributed by atoms with Crippen LogP contribution in [0.25, 0.3) is 0 Å². The fraction of sp³-hybridized carbons (Fsp3) is 0.524. The fourth-order valence-corrected chi connectivity index (χ4v) is 3.90. The second kappa shape index (κ2) is 8.07. The SMILES string of the molecule is c1coc(CN2CCN(Cc3ccccc3OC3CCCC3)CC2)c1. The Morgan fingerprint density at radius 2 is 1.60 bits per heavy atom. The molecule has 0 radical (unpaired) electrons. The van der Waals surface area contributed by atoms with E-state index in [2.05, 4.69) is 40.1 Å².